The monoisotopic (exact) mass is 503 g/mol. The van der Waals surface area contributed by atoms with Crippen molar-refractivity contribution < 1.29 is 24.1 Å². The standard InChI is InChI=1S/C31H37NO5/c1-30(14-7-8-15-30)28(33)37-36-24-13-12-23-19-27-25-11-5-6-16-31(25,26(23)20-24)17-18-32(27)29(34)35-21-22-9-3-2-4-10-22/h2-4,9-10,12-13,20,25,27H,5-8,11,14-19,21H2,1H3/t25-,27+,31+/m0/s1. The van der Waals surface area contributed by atoms with Gasteiger partial charge in [-0.3, -0.25) is 4.89 Å². The van der Waals surface area contributed by atoms with Crippen molar-refractivity contribution in [3.63, 3.8) is 0 Å². The molecule has 3 fully saturated rings. The molecule has 1 amide bonds. The number of ether oxygens (including phenoxy) is 1. The van der Waals surface area contributed by atoms with Crippen LogP contribution in [0, 0.1) is 11.3 Å². The fourth-order valence-corrected chi connectivity index (χ4v) is 7.61. The Hall–Kier alpha value is -3.02. The number of hydrogen-bond donors (Lipinski definition) is 0. The molecule has 2 bridgehead atoms. The van der Waals surface area contributed by atoms with E-state index in [1.54, 1.807) is 0 Å². The second-order valence-corrected chi connectivity index (χ2v) is 11.8. The lowest BCUT2D eigenvalue weighted by atomic mass is 9.52. The van der Waals surface area contributed by atoms with E-state index in [-0.39, 0.29) is 23.5 Å². The van der Waals surface area contributed by atoms with Gasteiger partial charge < -0.3 is 9.64 Å². The lowest BCUT2D eigenvalue weighted by molar-refractivity contribution is -0.224. The molecule has 0 N–H and O–H groups in total. The highest BCUT2D eigenvalue weighted by molar-refractivity contribution is 5.76. The molecule has 1 heterocycles. The van der Waals surface area contributed by atoms with E-state index >= 15 is 0 Å². The van der Waals surface area contributed by atoms with Gasteiger partial charge in [0.25, 0.3) is 0 Å². The lowest BCUT2D eigenvalue weighted by Crippen LogP contribution is -2.62. The van der Waals surface area contributed by atoms with Crippen LogP contribution in [-0.2, 0) is 32.9 Å². The Kier molecular flexibility index (Phi) is 6.37. The minimum absolute atomic E-state index is 0.0352. The van der Waals surface area contributed by atoms with Gasteiger partial charge in [-0.15, -0.1) is 0 Å². The number of hydrogen-bond acceptors (Lipinski definition) is 5. The molecule has 0 aromatic heterocycles. The van der Waals surface area contributed by atoms with Gasteiger partial charge >= 0.3 is 12.1 Å². The smallest absolute Gasteiger partial charge is 0.410 e. The second kappa shape index (κ2) is 9.70. The van der Waals surface area contributed by atoms with Crippen LogP contribution < -0.4 is 4.89 Å². The summed E-state index contributed by atoms with van der Waals surface area (Å²) in [7, 11) is 0. The minimum atomic E-state index is -0.434. The summed E-state index contributed by atoms with van der Waals surface area (Å²) >= 11 is 0. The predicted octanol–water partition coefficient (Wildman–Crippen LogP) is 6.50. The highest BCUT2D eigenvalue weighted by atomic mass is 17.2. The third kappa shape index (κ3) is 4.38. The molecule has 6 nitrogen and oxygen atoms in total. The summed E-state index contributed by atoms with van der Waals surface area (Å²) in [6.45, 7) is 2.98. The summed E-state index contributed by atoms with van der Waals surface area (Å²) in [5.41, 5.74) is 3.20. The van der Waals surface area contributed by atoms with Crippen LogP contribution >= 0.6 is 0 Å². The topological polar surface area (TPSA) is 65.1 Å². The van der Waals surface area contributed by atoms with Crippen LogP contribution in [0.5, 0.6) is 5.75 Å². The van der Waals surface area contributed by atoms with Crippen LogP contribution in [0.3, 0.4) is 0 Å². The normalized spacial score (nSPS) is 27.5. The van der Waals surface area contributed by atoms with Crippen molar-refractivity contribution in [3.05, 3.63) is 65.2 Å². The molecule has 3 aliphatic carbocycles. The van der Waals surface area contributed by atoms with Crippen LogP contribution in [0.4, 0.5) is 4.79 Å². The van der Waals surface area contributed by atoms with Gasteiger partial charge in [0.1, 0.15) is 6.61 Å². The van der Waals surface area contributed by atoms with Gasteiger partial charge in [-0.05, 0) is 80.2 Å². The molecule has 2 aromatic rings. The van der Waals surface area contributed by atoms with Gasteiger partial charge in [0.05, 0.1) is 5.41 Å². The second-order valence-electron chi connectivity index (χ2n) is 11.8. The maximum Gasteiger partial charge on any atom is 0.410 e. The quantitative estimate of drug-likeness (QED) is 0.344. The first-order valence-corrected chi connectivity index (χ1v) is 14.0. The van der Waals surface area contributed by atoms with Crippen molar-refractivity contribution in [3.8, 4) is 5.75 Å². The molecule has 2 aromatic carbocycles. The molecular weight excluding hydrogens is 466 g/mol. The fraction of sp³-hybridized carbons (Fsp3) is 0.548. The van der Waals surface area contributed by atoms with Crippen molar-refractivity contribution in [1.82, 2.24) is 4.90 Å². The van der Waals surface area contributed by atoms with Crippen molar-refractivity contribution in [2.45, 2.75) is 89.2 Å². The van der Waals surface area contributed by atoms with Crippen molar-refractivity contribution >= 4 is 12.1 Å². The van der Waals surface area contributed by atoms with E-state index in [9.17, 15) is 9.59 Å². The highest BCUT2D eigenvalue weighted by Gasteiger charge is 2.55. The summed E-state index contributed by atoms with van der Waals surface area (Å²) in [5.74, 6) is 0.733. The molecule has 2 saturated carbocycles. The number of carbonyl (C=O) groups excluding carboxylic acids is 2. The van der Waals surface area contributed by atoms with Gasteiger partial charge in [-0.2, -0.15) is 0 Å². The number of rotatable bonds is 5. The number of fused-ring (bicyclic) bond motifs is 1. The number of nitrogens with zero attached hydrogens (tertiary/aromatic N) is 1. The largest absolute Gasteiger partial charge is 0.445 e. The number of benzene rings is 2. The Balaban J connectivity index is 1.20. The molecule has 196 valence electrons. The molecular formula is C31H37NO5. The predicted molar refractivity (Wildman–Crippen MR) is 139 cm³/mol. The lowest BCUT2D eigenvalue weighted by Gasteiger charge is -2.58. The molecule has 0 radical (unpaired) electrons. The SMILES string of the molecule is CC1(C(=O)OOc2ccc3c(c2)[C@@]24CCCC[C@H]2[C@@H](C3)N(C(=O)OCc2ccccc2)CC4)CCCC1. The molecule has 6 heteroatoms. The van der Waals surface area contributed by atoms with Gasteiger partial charge in [0.15, 0.2) is 5.75 Å². The maximum atomic E-state index is 13.2. The van der Waals surface area contributed by atoms with E-state index in [0.29, 0.717) is 24.8 Å². The van der Waals surface area contributed by atoms with E-state index in [1.807, 2.05) is 48.2 Å². The first-order valence-electron chi connectivity index (χ1n) is 14.0. The Morgan fingerprint density at radius 2 is 1.76 bits per heavy atom. The van der Waals surface area contributed by atoms with E-state index in [4.69, 9.17) is 14.5 Å². The fourth-order valence-electron chi connectivity index (χ4n) is 7.61. The maximum absolute atomic E-state index is 13.2. The van der Waals surface area contributed by atoms with Crippen LogP contribution in [-0.4, -0.2) is 29.5 Å². The molecule has 1 aliphatic heterocycles. The number of carbonyl (C=O) groups is 2. The highest BCUT2D eigenvalue weighted by Crippen LogP contribution is 2.56. The van der Waals surface area contributed by atoms with Crippen molar-refractivity contribution in [2.75, 3.05) is 6.54 Å². The summed E-state index contributed by atoms with van der Waals surface area (Å²) < 4.78 is 5.77. The van der Waals surface area contributed by atoms with Gasteiger partial charge in [-0.1, -0.05) is 62.1 Å². The molecule has 0 spiro atoms. The van der Waals surface area contributed by atoms with E-state index < -0.39 is 5.41 Å². The van der Waals surface area contributed by atoms with Crippen LogP contribution in [0.25, 0.3) is 0 Å². The van der Waals surface area contributed by atoms with E-state index in [2.05, 4.69) is 12.1 Å². The number of likely N-dealkylation sites (tertiary alicyclic amines) is 1. The summed E-state index contributed by atoms with van der Waals surface area (Å²) in [6, 6.07) is 16.1. The average Bonchev–Trinajstić information content (AvgIpc) is 3.39. The van der Waals surface area contributed by atoms with E-state index in [1.165, 1.54) is 24.0 Å². The Morgan fingerprint density at radius 1 is 0.973 bits per heavy atom. The minimum Gasteiger partial charge on any atom is -0.445 e. The van der Waals surface area contributed by atoms with Crippen LogP contribution in [0.2, 0.25) is 0 Å². The van der Waals surface area contributed by atoms with Gasteiger partial charge in [0, 0.05) is 18.0 Å². The molecule has 1 saturated heterocycles. The first-order chi connectivity index (χ1) is 18.0. The van der Waals surface area contributed by atoms with E-state index in [0.717, 1.165) is 56.9 Å². The first kappa shape index (κ1) is 24.3. The zero-order chi connectivity index (χ0) is 25.5. The zero-order valence-electron chi connectivity index (χ0n) is 21.7. The van der Waals surface area contributed by atoms with Crippen LogP contribution in [0.15, 0.2) is 48.5 Å². The molecule has 0 unspecified atom stereocenters. The summed E-state index contributed by atoms with van der Waals surface area (Å²) in [6.07, 6.45) is 9.99. The molecule has 3 atom stereocenters. The molecule has 4 aliphatic rings. The Labute approximate surface area is 219 Å². The summed E-state index contributed by atoms with van der Waals surface area (Å²) in [5, 5.41) is 0. The van der Waals surface area contributed by atoms with Gasteiger partial charge in [0.2, 0.25) is 0 Å². The third-order valence-electron chi connectivity index (χ3n) is 9.66. The third-order valence-corrected chi connectivity index (χ3v) is 9.66. The number of piperidine rings is 1. The van der Waals surface area contributed by atoms with Crippen molar-refractivity contribution in [2.24, 2.45) is 11.3 Å². The molecule has 37 heavy (non-hydrogen) atoms. The average molecular weight is 504 g/mol. The van der Waals surface area contributed by atoms with Gasteiger partial charge in [-0.25, -0.2) is 14.5 Å². The Morgan fingerprint density at radius 3 is 2.57 bits per heavy atom. The summed E-state index contributed by atoms with van der Waals surface area (Å²) in [4.78, 5) is 38.9. The van der Waals surface area contributed by atoms with Crippen molar-refractivity contribution in [1.29, 1.82) is 0 Å². The number of amides is 1. The Bertz CT molecular complexity index is 1160. The zero-order valence-corrected chi connectivity index (χ0v) is 21.7. The van der Waals surface area contributed by atoms with Crippen LogP contribution in [0.1, 0.15) is 81.4 Å². The molecule has 6 rings (SSSR count).